The van der Waals surface area contributed by atoms with Gasteiger partial charge in [0.25, 0.3) is 5.97 Å². The van der Waals surface area contributed by atoms with Crippen LogP contribution < -0.4 is 71.6 Å². The molecule has 8 atom stereocenters. The number of rotatable bonds is 19. The number of primary amides is 3. The molecule has 79 heavy (non-hydrogen) atoms. The van der Waals surface area contributed by atoms with E-state index in [4.69, 9.17) is 44.3 Å². The lowest BCUT2D eigenvalue weighted by Gasteiger charge is -2.31. The number of carboxylic acids is 1. The van der Waals surface area contributed by atoms with Crippen LogP contribution in [-0.2, 0) is 70.4 Å². The first-order valence-corrected chi connectivity index (χ1v) is 27.2. The number of amides is 11. The SMILES string of the molecule is CC(=O)O.NC(=O)CC[C@H]1NC(=O)[C@H](Cc2ccccc2)NC(=O)[C@@H](Cc2ccc(O)cc2)NC(=O)[C@@H](N)CSSC[C@@H](C(=O)N2CCCC2C(=O)N[C@H](CCCN=C(N)N)C(=O)NCC(N)=O)NC(=O)[C@@H](CC(N)=O)NC1=O. The van der Waals surface area contributed by atoms with Crippen LogP contribution >= 0.6 is 21.6 Å². The van der Waals surface area contributed by atoms with E-state index in [9.17, 15) is 57.8 Å². The van der Waals surface area contributed by atoms with Crippen molar-refractivity contribution in [2.24, 2.45) is 39.4 Å². The number of phenolic OH excluding ortho intramolecular Hbond substituents is 1. The Morgan fingerprint density at radius 2 is 1.27 bits per heavy atom. The van der Waals surface area contributed by atoms with Gasteiger partial charge in [0, 0.05) is 50.8 Å². The number of nitrogens with zero attached hydrogens (tertiary/aromatic N) is 2. The molecule has 0 saturated carbocycles. The van der Waals surface area contributed by atoms with Crippen molar-refractivity contribution in [3.63, 3.8) is 0 Å². The monoisotopic (exact) mass is 1140 g/mol. The molecule has 432 valence electrons. The molecule has 21 N–H and O–H groups in total. The van der Waals surface area contributed by atoms with E-state index in [0.717, 1.165) is 28.5 Å². The molecule has 0 spiro atoms. The van der Waals surface area contributed by atoms with E-state index in [0.29, 0.717) is 17.5 Å². The number of aliphatic imine (C=N–C) groups is 1. The number of hydrogen-bond donors (Lipinski definition) is 15. The van der Waals surface area contributed by atoms with Crippen molar-refractivity contribution in [1.82, 2.24) is 42.1 Å². The zero-order valence-corrected chi connectivity index (χ0v) is 44.8. The minimum atomic E-state index is -1.80. The van der Waals surface area contributed by atoms with Gasteiger partial charge in [0.05, 0.1) is 19.0 Å². The maximum Gasteiger partial charge on any atom is 0.300 e. The molecule has 2 aliphatic heterocycles. The summed E-state index contributed by atoms with van der Waals surface area (Å²) in [6.45, 7) is 0.641. The topological polar surface area (TPSA) is 501 Å². The molecule has 11 amide bonds. The zero-order chi connectivity index (χ0) is 58.8. The summed E-state index contributed by atoms with van der Waals surface area (Å²) >= 11 is 0. The van der Waals surface area contributed by atoms with Crippen molar-refractivity contribution in [2.75, 3.05) is 31.1 Å². The largest absolute Gasteiger partial charge is 0.508 e. The summed E-state index contributed by atoms with van der Waals surface area (Å²) in [6, 6.07) is 2.80. The Morgan fingerprint density at radius 3 is 1.85 bits per heavy atom. The van der Waals surface area contributed by atoms with Gasteiger partial charge in [0.2, 0.25) is 65.0 Å². The first-order valence-electron chi connectivity index (χ1n) is 24.7. The molecule has 31 heteroatoms. The molecule has 0 aliphatic carbocycles. The van der Waals surface area contributed by atoms with Gasteiger partial charge in [-0.25, -0.2) is 0 Å². The summed E-state index contributed by atoms with van der Waals surface area (Å²) in [4.78, 5) is 162. The molecule has 0 radical (unpaired) electrons. The zero-order valence-electron chi connectivity index (χ0n) is 43.2. The number of benzene rings is 2. The molecule has 2 heterocycles. The maximum absolute atomic E-state index is 14.6. The average Bonchev–Trinajstić information content (AvgIpc) is 3.92. The van der Waals surface area contributed by atoms with Gasteiger partial charge in [-0.05, 0) is 55.4 Å². The fourth-order valence-electron chi connectivity index (χ4n) is 7.80. The van der Waals surface area contributed by atoms with E-state index >= 15 is 0 Å². The summed E-state index contributed by atoms with van der Waals surface area (Å²) in [5.41, 5.74) is 34.4. The van der Waals surface area contributed by atoms with Gasteiger partial charge < -0.3 is 86.7 Å². The van der Waals surface area contributed by atoms with Gasteiger partial charge in [-0.3, -0.25) is 62.5 Å². The fourth-order valence-corrected chi connectivity index (χ4v) is 10.1. The number of phenols is 1. The Hall–Kier alpha value is -8.19. The van der Waals surface area contributed by atoms with E-state index in [1.54, 1.807) is 30.3 Å². The van der Waals surface area contributed by atoms with Crippen LogP contribution in [0.3, 0.4) is 0 Å². The summed E-state index contributed by atoms with van der Waals surface area (Å²) in [5.74, 6) is -11.4. The first-order chi connectivity index (χ1) is 37.3. The normalized spacial score (nSPS) is 21.8. The third-order valence-electron chi connectivity index (χ3n) is 11.6. The predicted molar refractivity (Wildman–Crippen MR) is 289 cm³/mol. The number of hydrogen-bond acceptors (Lipinski definition) is 17. The van der Waals surface area contributed by atoms with Gasteiger partial charge in [0.1, 0.15) is 48.0 Å². The van der Waals surface area contributed by atoms with Gasteiger partial charge >= 0.3 is 0 Å². The second kappa shape index (κ2) is 33.2. The average molecular weight is 1140 g/mol. The lowest BCUT2D eigenvalue weighted by atomic mass is 10.0. The third kappa shape index (κ3) is 23.9. The van der Waals surface area contributed by atoms with Crippen molar-refractivity contribution >= 4 is 98.5 Å². The third-order valence-corrected chi connectivity index (χ3v) is 14.1. The number of aromatic hydroxyl groups is 1. The summed E-state index contributed by atoms with van der Waals surface area (Å²) in [6.07, 6.45) is -1.38. The Morgan fingerprint density at radius 1 is 0.722 bits per heavy atom. The van der Waals surface area contributed by atoms with Gasteiger partial charge in [-0.1, -0.05) is 64.1 Å². The lowest BCUT2D eigenvalue weighted by Crippen LogP contribution is -2.61. The van der Waals surface area contributed by atoms with Crippen LogP contribution in [0.25, 0.3) is 0 Å². The minimum Gasteiger partial charge on any atom is -0.508 e. The first kappa shape index (κ1) is 65.1. The lowest BCUT2D eigenvalue weighted by molar-refractivity contribution is -0.142. The molecule has 0 aromatic heterocycles. The van der Waals surface area contributed by atoms with Crippen molar-refractivity contribution in [2.45, 2.75) is 113 Å². The van der Waals surface area contributed by atoms with Crippen LogP contribution in [0.4, 0.5) is 0 Å². The van der Waals surface area contributed by atoms with E-state index in [2.05, 4.69) is 42.2 Å². The van der Waals surface area contributed by atoms with Crippen molar-refractivity contribution in [1.29, 1.82) is 0 Å². The number of guanidine groups is 1. The number of aliphatic carboxylic acids is 1. The van der Waals surface area contributed by atoms with Crippen LogP contribution in [0.2, 0.25) is 0 Å². The Kier molecular flexibility index (Phi) is 27.3. The smallest absolute Gasteiger partial charge is 0.300 e. The second-order valence-electron chi connectivity index (χ2n) is 18.1. The highest BCUT2D eigenvalue weighted by Crippen LogP contribution is 2.26. The minimum absolute atomic E-state index is 0.00106. The number of carbonyl (C=O) groups is 12. The van der Waals surface area contributed by atoms with Crippen LogP contribution in [0.1, 0.15) is 63.0 Å². The van der Waals surface area contributed by atoms with Crippen LogP contribution in [0.15, 0.2) is 59.6 Å². The van der Waals surface area contributed by atoms with Crippen molar-refractivity contribution < 1.29 is 67.7 Å². The molecule has 2 saturated heterocycles. The molecule has 1 unspecified atom stereocenters. The maximum atomic E-state index is 14.6. The summed E-state index contributed by atoms with van der Waals surface area (Å²) in [7, 11) is 1.99. The van der Waals surface area contributed by atoms with Crippen molar-refractivity contribution in [3.8, 4) is 5.75 Å². The fraction of sp³-hybridized carbons (Fsp3) is 0.479. The summed E-state index contributed by atoms with van der Waals surface area (Å²) < 4.78 is 0. The number of carbonyl (C=O) groups excluding carboxylic acids is 11. The molecular weight excluding hydrogens is 1070 g/mol. The van der Waals surface area contributed by atoms with E-state index < -0.39 is 145 Å². The molecule has 0 bridgehead atoms. The highest BCUT2D eigenvalue weighted by Gasteiger charge is 2.40. The van der Waals surface area contributed by atoms with Gasteiger partial charge in [-0.2, -0.15) is 0 Å². The van der Waals surface area contributed by atoms with Crippen LogP contribution in [0, 0.1) is 0 Å². The highest BCUT2D eigenvalue weighted by molar-refractivity contribution is 8.76. The number of carboxylic acid groups (broad SMARTS) is 1. The van der Waals surface area contributed by atoms with E-state index in [-0.39, 0.29) is 68.4 Å². The van der Waals surface area contributed by atoms with E-state index in [1.165, 1.54) is 29.2 Å². The molecular formula is C48H69N15O14S2. The number of likely N-dealkylation sites (tertiary alicyclic amines) is 1. The molecule has 2 aromatic rings. The Labute approximate surface area is 461 Å². The molecule has 4 rings (SSSR count). The van der Waals surface area contributed by atoms with Crippen LogP contribution in [0.5, 0.6) is 5.75 Å². The molecule has 2 aliphatic rings. The number of nitrogens with two attached hydrogens (primary N) is 6. The molecule has 29 nitrogen and oxygen atoms in total. The van der Waals surface area contributed by atoms with Crippen LogP contribution in [-0.4, -0.2) is 171 Å². The quantitative estimate of drug-likeness (QED) is 0.0270. The highest BCUT2D eigenvalue weighted by atomic mass is 33.1. The van der Waals surface area contributed by atoms with Gasteiger partial charge in [-0.15, -0.1) is 0 Å². The second-order valence-corrected chi connectivity index (χ2v) is 20.7. The molecule has 2 aromatic carbocycles. The van der Waals surface area contributed by atoms with Crippen molar-refractivity contribution in [3.05, 3.63) is 65.7 Å². The summed E-state index contributed by atoms with van der Waals surface area (Å²) in [5, 5.41) is 35.1. The van der Waals surface area contributed by atoms with E-state index in [1.807, 2.05) is 0 Å². The standard InChI is InChI=1S/C46H65N15O12S2.C2H4O2/c47-27-22-74-75-23-33(45(73)61-17-5-9-34(61)44(72)56-28(8-4-16-53-46(51)52)39(67)54-21-37(50)65)60-43(71)32(20-36(49)64)59-40(68)29(14-15-35(48)63)55-41(69)31(18-24-6-2-1-3-7-24)58-42(70)30(57-38(27)66)19-25-10-12-26(62)13-11-25;1-2(3)4/h1-3,6-7,10-13,27-34,62H,4-5,8-9,14-23,47H2,(H2,48,63)(H2,49,64)(H2,50,65)(H,54,67)(H,55,69)(H,56,72)(H,57,66)(H,58,70)(H,59,68)(H,60,71)(H4,51,52,53);1H3,(H,3,4)/t27-,28+,29+,30+,31-,32+,33-,34?;/m0./s1. The van der Waals surface area contributed by atoms with Gasteiger partial charge in [0.15, 0.2) is 5.96 Å². The Balaban J connectivity index is 0.00000396. The predicted octanol–water partition coefficient (Wildman–Crippen LogP) is -5.31. The molecule has 2 fully saturated rings. The number of nitrogens with one attached hydrogen (secondary N) is 7. The Bertz CT molecular complexity index is 2520.